The second-order valence-electron chi connectivity index (χ2n) is 5.59. The molecule has 0 aromatic carbocycles. The topological polar surface area (TPSA) is 67.2 Å². The van der Waals surface area contributed by atoms with Crippen molar-refractivity contribution < 1.29 is 9.32 Å². The molecule has 0 saturated heterocycles. The maximum atomic E-state index is 12.2. The van der Waals surface area contributed by atoms with E-state index in [4.69, 9.17) is 4.52 Å². The molecule has 1 fully saturated rings. The molecule has 118 valence electrons. The molecule has 0 bridgehead atoms. The lowest BCUT2D eigenvalue weighted by atomic mass is 9.94. The minimum absolute atomic E-state index is 0.0722. The Morgan fingerprint density at radius 1 is 1.52 bits per heavy atom. The standard InChI is InChI=1S/C15H25N3O2S/c1-4-21-13-8-6-5-7-12(13)16-11(3)15(19)17-14-9-10(2)18-20-14/h9,11-13,16H,4-8H2,1-3H3,(H,17,19)/t11-,12-,13+/m0/s1. The molecule has 3 atom stereocenters. The molecule has 1 aliphatic rings. The lowest BCUT2D eigenvalue weighted by molar-refractivity contribution is -0.118. The summed E-state index contributed by atoms with van der Waals surface area (Å²) in [6.45, 7) is 5.93. The molecule has 6 heteroatoms. The molecular weight excluding hydrogens is 286 g/mol. The van der Waals surface area contributed by atoms with Crippen LogP contribution in [0.25, 0.3) is 0 Å². The Labute approximate surface area is 130 Å². The highest BCUT2D eigenvalue weighted by Crippen LogP contribution is 2.28. The second-order valence-corrected chi connectivity index (χ2v) is 7.11. The third-order valence-corrected chi connectivity index (χ3v) is 5.14. The van der Waals surface area contributed by atoms with Crippen molar-refractivity contribution in [3.8, 4) is 0 Å². The summed E-state index contributed by atoms with van der Waals surface area (Å²) in [6, 6.07) is 1.90. The molecular formula is C15H25N3O2S. The first-order chi connectivity index (χ1) is 10.1. The predicted molar refractivity (Wildman–Crippen MR) is 86.6 cm³/mol. The second kappa shape index (κ2) is 7.84. The van der Waals surface area contributed by atoms with E-state index < -0.39 is 0 Å². The summed E-state index contributed by atoms with van der Waals surface area (Å²) in [4.78, 5) is 12.2. The zero-order chi connectivity index (χ0) is 15.2. The van der Waals surface area contributed by atoms with Crippen molar-refractivity contribution in [2.75, 3.05) is 11.1 Å². The van der Waals surface area contributed by atoms with Crippen LogP contribution in [0.1, 0.15) is 45.2 Å². The summed E-state index contributed by atoms with van der Waals surface area (Å²) in [5, 5.41) is 10.6. The van der Waals surface area contributed by atoms with E-state index in [1.807, 2.05) is 25.6 Å². The Balaban J connectivity index is 1.86. The van der Waals surface area contributed by atoms with Gasteiger partial charge in [0.15, 0.2) is 0 Å². The van der Waals surface area contributed by atoms with Gasteiger partial charge < -0.3 is 9.84 Å². The van der Waals surface area contributed by atoms with Crippen LogP contribution in [0.4, 0.5) is 5.88 Å². The van der Waals surface area contributed by atoms with E-state index in [0.29, 0.717) is 17.2 Å². The predicted octanol–water partition coefficient (Wildman–Crippen LogP) is 2.96. The molecule has 1 saturated carbocycles. The molecule has 1 amide bonds. The molecule has 2 rings (SSSR count). The Bertz CT molecular complexity index is 462. The van der Waals surface area contributed by atoms with E-state index in [-0.39, 0.29) is 11.9 Å². The van der Waals surface area contributed by atoms with Gasteiger partial charge in [0.25, 0.3) is 0 Å². The van der Waals surface area contributed by atoms with E-state index in [0.717, 1.165) is 17.9 Å². The van der Waals surface area contributed by atoms with Gasteiger partial charge in [-0.1, -0.05) is 24.9 Å². The maximum Gasteiger partial charge on any atom is 0.243 e. The number of aromatic nitrogens is 1. The zero-order valence-corrected chi connectivity index (χ0v) is 13.8. The Hall–Kier alpha value is -1.01. The first kappa shape index (κ1) is 16.4. The van der Waals surface area contributed by atoms with Crippen LogP contribution in [0.2, 0.25) is 0 Å². The molecule has 1 aliphatic carbocycles. The number of rotatable bonds is 6. The van der Waals surface area contributed by atoms with E-state index in [1.54, 1.807) is 6.07 Å². The summed E-state index contributed by atoms with van der Waals surface area (Å²) < 4.78 is 5.02. The van der Waals surface area contributed by atoms with Gasteiger partial charge >= 0.3 is 0 Å². The highest BCUT2D eigenvalue weighted by molar-refractivity contribution is 7.99. The Morgan fingerprint density at radius 3 is 2.95 bits per heavy atom. The molecule has 0 unspecified atom stereocenters. The normalized spacial score (nSPS) is 23.8. The number of thioether (sulfide) groups is 1. The quantitative estimate of drug-likeness (QED) is 0.845. The molecule has 5 nitrogen and oxygen atoms in total. The van der Waals surface area contributed by atoms with E-state index in [1.165, 1.54) is 19.3 Å². The number of hydrogen-bond donors (Lipinski definition) is 2. The SMILES string of the molecule is CCS[C@@H]1CCCC[C@@H]1N[C@@H](C)C(=O)Nc1cc(C)no1. The largest absolute Gasteiger partial charge is 0.338 e. The summed E-state index contributed by atoms with van der Waals surface area (Å²) >= 11 is 2.00. The number of hydrogen-bond acceptors (Lipinski definition) is 5. The molecule has 0 aliphatic heterocycles. The van der Waals surface area contributed by atoms with Crippen LogP contribution < -0.4 is 10.6 Å². The Morgan fingerprint density at radius 2 is 2.29 bits per heavy atom. The average molecular weight is 311 g/mol. The fourth-order valence-corrected chi connectivity index (χ4v) is 3.96. The lowest BCUT2D eigenvalue weighted by Crippen LogP contribution is -2.49. The van der Waals surface area contributed by atoms with Gasteiger partial charge in [-0.05, 0) is 32.4 Å². The van der Waals surface area contributed by atoms with E-state index in [2.05, 4.69) is 22.7 Å². The lowest BCUT2D eigenvalue weighted by Gasteiger charge is -2.33. The van der Waals surface area contributed by atoms with E-state index in [9.17, 15) is 4.79 Å². The van der Waals surface area contributed by atoms with Crippen LogP contribution in [-0.2, 0) is 4.79 Å². The first-order valence-electron chi connectivity index (χ1n) is 7.72. The summed E-state index contributed by atoms with van der Waals surface area (Å²) in [5.41, 5.74) is 0.762. The average Bonchev–Trinajstić information content (AvgIpc) is 2.86. The minimum Gasteiger partial charge on any atom is -0.338 e. The fraction of sp³-hybridized carbons (Fsp3) is 0.733. The summed E-state index contributed by atoms with van der Waals surface area (Å²) in [5.74, 6) is 1.46. The third kappa shape index (κ3) is 4.74. The number of carbonyl (C=O) groups excluding carboxylic acids is 1. The van der Waals surface area contributed by atoms with Crippen molar-refractivity contribution in [2.24, 2.45) is 0 Å². The monoisotopic (exact) mass is 311 g/mol. The number of anilines is 1. The van der Waals surface area contributed by atoms with Gasteiger partial charge in [0.1, 0.15) is 0 Å². The summed E-state index contributed by atoms with van der Waals surface area (Å²) in [6.07, 6.45) is 4.93. The number of carbonyl (C=O) groups is 1. The van der Waals surface area contributed by atoms with Crippen molar-refractivity contribution in [3.05, 3.63) is 11.8 Å². The van der Waals surface area contributed by atoms with Gasteiger partial charge in [-0.3, -0.25) is 10.1 Å². The van der Waals surface area contributed by atoms with Crippen LogP contribution >= 0.6 is 11.8 Å². The van der Waals surface area contributed by atoms with E-state index >= 15 is 0 Å². The van der Waals surface area contributed by atoms with Crippen molar-refractivity contribution >= 4 is 23.6 Å². The molecule has 0 spiro atoms. The number of nitrogens with zero attached hydrogens (tertiary/aromatic N) is 1. The van der Waals surface area contributed by atoms with Gasteiger partial charge in [-0.2, -0.15) is 11.8 Å². The highest BCUT2D eigenvalue weighted by atomic mass is 32.2. The number of nitrogens with one attached hydrogen (secondary N) is 2. The van der Waals surface area contributed by atoms with Crippen molar-refractivity contribution in [1.29, 1.82) is 0 Å². The molecule has 2 N–H and O–H groups in total. The molecule has 1 aromatic heterocycles. The van der Waals surface area contributed by atoms with Crippen LogP contribution in [-0.4, -0.2) is 34.2 Å². The smallest absolute Gasteiger partial charge is 0.243 e. The number of amides is 1. The van der Waals surface area contributed by atoms with Gasteiger partial charge in [0, 0.05) is 17.4 Å². The van der Waals surface area contributed by atoms with Crippen LogP contribution in [0.5, 0.6) is 0 Å². The van der Waals surface area contributed by atoms with Gasteiger partial charge in [-0.25, -0.2) is 0 Å². The molecule has 1 heterocycles. The van der Waals surface area contributed by atoms with Gasteiger partial charge in [0.2, 0.25) is 11.8 Å². The van der Waals surface area contributed by atoms with Crippen LogP contribution in [0.15, 0.2) is 10.6 Å². The van der Waals surface area contributed by atoms with Gasteiger partial charge in [-0.15, -0.1) is 0 Å². The Kier molecular flexibility index (Phi) is 6.11. The zero-order valence-electron chi connectivity index (χ0n) is 13.0. The highest BCUT2D eigenvalue weighted by Gasteiger charge is 2.28. The third-order valence-electron chi connectivity index (χ3n) is 3.82. The molecule has 1 aromatic rings. The van der Waals surface area contributed by atoms with Crippen molar-refractivity contribution in [3.63, 3.8) is 0 Å². The van der Waals surface area contributed by atoms with Crippen molar-refractivity contribution in [2.45, 2.75) is 63.8 Å². The minimum atomic E-state index is -0.238. The molecule has 0 radical (unpaired) electrons. The first-order valence-corrected chi connectivity index (χ1v) is 8.77. The van der Waals surface area contributed by atoms with Crippen molar-refractivity contribution in [1.82, 2.24) is 10.5 Å². The molecule has 21 heavy (non-hydrogen) atoms. The van der Waals surface area contributed by atoms with Crippen LogP contribution in [0.3, 0.4) is 0 Å². The maximum absolute atomic E-state index is 12.2. The van der Waals surface area contributed by atoms with Gasteiger partial charge in [0.05, 0.1) is 11.7 Å². The number of aryl methyl sites for hydroxylation is 1. The van der Waals surface area contributed by atoms with Crippen LogP contribution in [0, 0.1) is 6.92 Å². The fourth-order valence-electron chi connectivity index (χ4n) is 2.75. The summed E-state index contributed by atoms with van der Waals surface area (Å²) in [7, 11) is 0.